The van der Waals surface area contributed by atoms with Crippen LogP contribution in [0.1, 0.15) is 32.6 Å². The standard InChI is InChI=1S/C12H21NO2/c1-8(6-14)13-10-3-2-4-12-5-9(7-15-12)11(10)12/h8-11,13-14H,2-7H2,1H3. The largest absolute Gasteiger partial charge is 0.395 e. The minimum atomic E-state index is 0.227. The summed E-state index contributed by atoms with van der Waals surface area (Å²) in [6.07, 6.45) is 5.10. The molecule has 2 N–H and O–H groups in total. The fourth-order valence-corrected chi connectivity index (χ4v) is 4.01. The maximum Gasteiger partial charge on any atom is 0.0732 e. The number of nitrogens with one attached hydrogen (secondary N) is 1. The molecule has 2 saturated carbocycles. The van der Waals surface area contributed by atoms with E-state index in [0.29, 0.717) is 6.04 Å². The van der Waals surface area contributed by atoms with Crippen molar-refractivity contribution < 1.29 is 9.84 Å². The smallest absolute Gasteiger partial charge is 0.0732 e. The molecule has 0 aromatic carbocycles. The van der Waals surface area contributed by atoms with Gasteiger partial charge in [0.15, 0.2) is 0 Å². The van der Waals surface area contributed by atoms with Gasteiger partial charge in [-0.15, -0.1) is 0 Å². The highest BCUT2D eigenvalue weighted by Crippen LogP contribution is 2.60. The lowest BCUT2D eigenvalue weighted by Crippen LogP contribution is -2.61. The van der Waals surface area contributed by atoms with Crippen molar-refractivity contribution >= 4 is 0 Å². The summed E-state index contributed by atoms with van der Waals surface area (Å²) < 4.78 is 5.96. The number of hydrogen-bond acceptors (Lipinski definition) is 3. The second-order valence-electron chi connectivity index (χ2n) is 5.61. The molecular formula is C12H21NO2. The van der Waals surface area contributed by atoms with Crippen molar-refractivity contribution in [3.05, 3.63) is 0 Å². The first-order valence-electron chi connectivity index (χ1n) is 6.26. The van der Waals surface area contributed by atoms with Crippen molar-refractivity contribution in [3.8, 4) is 0 Å². The molecule has 2 heterocycles. The minimum Gasteiger partial charge on any atom is -0.395 e. The third-order valence-electron chi connectivity index (χ3n) is 4.63. The Balaban J connectivity index is 1.69. The van der Waals surface area contributed by atoms with E-state index in [1.807, 2.05) is 0 Å². The average Bonchev–Trinajstić information content (AvgIpc) is 2.75. The van der Waals surface area contributed by atoms with Gasteiger partial charge in [0.1, 0.15) is 0 Å². The van der Waals surface area contributed by atoms with Crippen LogP contribution in [-0.4, -0.2) is 36.0 Å². The molecule has 2 aliphatic heterocycles. The van der Waals surface area contributed by atoms with Crippen molar-refractivity contribution in [1.29, 1.82) is 0 Å². The SMILES string of the molecule is CC(CO)NC1CCCC23CC(CO2)C13. The van der Waals surface area contributed by atoms with Crippen molar-refractivity contribution in [2.75, 3.05) is 13.2 Å². The number of fused-ring (bicyclic) bond motifs is 1. The van der Waals surface area contributed by atoms with Crippen molar-refractivity contribution in [2.45, 2.75) is 50.3 Å². The second-order valence-corrected chi connectivity index (χ2v) is 5.61. The Kier molecular flexibility index (Phi) is 2.31. The Morgan fingerprint density at radius 2 is 2.47 bits per heavy atom. The normalized spacial score (nSPS) is 49.6. The highest BCUT2D eigenvalue weighted by molar-refractivity contribution is 5.14. The molecule has 15 heavy (non-hydrogen) atoms. The predicted molar refractivity (Wildman–Crippen MR) is 57.6 cm³/mol. The molecule has 3 heteroatoms. The number of ether oxygens (including phenoxy) is 1. The zero-order chi connectivity index (χ0) is 10.5. The van der Waals surface area contributed by atoms with Crippen LogP contribution >= 0.6 is 0 Å². The van der Waals surface area contributed by atoms with Gasteiger partial charge in [-0.1, -0.05) is 0 Å². The fourth-order valence-electron chi connectivity index (χ4n) is 4.01. The Bertz CT molecular complexity index is 254. The highest BCUT2D eigenvalue weighted by Gasteiger charge is 2.63. The summed E-state index contributed by atoms with van der Waals surface area (Å²) in [5, 5.41) is 12.7. The molecule has 5 unspecified atom stereocenters. The molecule has 0 aromatic heterocycles. The van der Waals surface area contributed by atoms with E-state index in [2.05, 4.69) is 12.2 Å². The summed E-state index contributed by atoms with van der Waals surface area (Å²) in [6, 6.07) is 0.812. The van der Waals surface area contributed by atoms with Gasteiger partial charge in [-0.2, -0.15) is 0 Å². The van der Waals surface area contributed by atoms with E-state index in [-0.39, 0.29) is 18.2 Å². The van der Waals surface area contributed by atoms with E-state index in [1.54, 1.807) is 0 Å². The summed E-state index contributed by atoms with van der Waals surface area (Å²) in [5.41, 5.74) is 0.246. The Hall–Kier alpha value is -0.120. The lowest BCUT2D eigenvalue weighted by molar-refractivity contribution is -0.0947. The van der Waals surface area contributed by atoms with Crippen molar-refractivity contribution in [1.82, 2.24) is 5.32 Å². The Morgan fingerprint density at radius 1 is 1.60 bits per heavy atom. The van der Waals surface area contributed by atoms with E-state index in [0.717, 1.165) is 18.4 Å². The molecule has 2 aliphatic carbocycles. The molecule has 2 bridgehead atoms. The topological polar surface area (TPSA) is 41.5 Å². The second kappa shape index (κ2) is 3.44. The third kappa shape index (κ3) is 1.37. The molecule has 4 rings (SSSR count). The van der Waals surface area contributed by atoms with Gasteiger partial charge in [-0.05, 0) is 38.5 Å². The number of rotatable bonds is 3. The molecule has 1 spiro atoms. The van der Waals surface area contributed by atoms with Crippen LogP contribution in [0.2, 0.25) is 0 Å². The maximum absolute atomic E-state index is 9.09. The zero-order valence-electron chi connectivity index (χ0n) is 9.41. The molecule has 86 valence electrons. The van der Waals surface area contributed by atoms with Crippen molar-refractivity contribution in [3.63, 3.8) is 0 Å². The van der Waals surface area contributed by atoms with E-state index in [4.69, 9.17) is 9.84 Å². The molecule has 2 saturated heterocycles. The fraction of sp³-hybridized carbons (Fsp3) is 1.00. The average molecular weight is 211 g/mol. The lowest BCUT2D eigenvalue weighted by Gasteiger charge is -2.53. The van der Waals surface area contributed by atoms with Gasteiger partial charge in [0.2, 0.25) is 0 Å². The molecule has 0 aromatic rings. The molecule has 5 atom stereocenters. The van der Waals surface area contributed by atoms with Crippen LogP contribution in [0.15, 0.2) is 0 Å². The van der Waals surface area contributed by atoms with E-state index < -0.39 is 0 Å². The lowest BCUT2D eigenvalue weighted by atomic mass is 9.56. The van der Waals surface area contributed by atoms with Crippen LogP contribution in [0.5, 0.6) is 0 Å². The first kappa shape index (κ1) is 10.1. The first-order chi connectivity index (χ1) is 7.25. The third-order valence-corrected chi connectivity index (χ3v) is 4.63. The number of hydrogen-bond donors (Lipinski definition) is 2. The number of aliphatic hydroxyl groups is 1. The van der Waals surface area contributed by atoms with E-state index in [1.165, 1.54) is 25.7 Å². The summed E-state index contributed by atoms with van der Waals surface area (Å²) >= 11 is 0. The van der Waals surface area contributed by atoms with Crippen LogP contribution in [0.4, 0.5) is 0 Å². The molecule has 0 radical (unpaired) electrons. The maximum atomic E-state index is 9.09. The van der Waals surface area contributed by atoms with Crippen LogP contribution < -0.4 is 5.32 Å². The van der Waals surface area contributed by atoms with Crippen molar-refractivity contribution in [2.24, 2.45) is 11.8 Å². The predicted octanol–water partition coefficient (Wildman–Crippen LogP) is 0.914. The summed E-state index contributed by atoms with van der Waals surface area (Å²) in [6.45, 7) is 3.28. The van der Waals surface area contributed by atoms with Crippen LogP contribution in [0.3, 0.4) is 0 Å². The van der Waals surface area contributed by atoms with Crippen LogP contribution in [-0.2, 0) is 4.74 Å². The molecule has 0 amide bonds. The van der Waals surface area contributed by atoms with Gasteiger partial charge >= 0.3 is 0 Å². The van der Waals surface area contributed by atoms with Gasteiger partial charge in [0, 0.05) is 18.0 Å². The van der Waals surface area contributed by atoms with Gasteiger partial charge < -0.3 is 15.2 Å². The quantitative estimate of drug-likeness (QED) is 0.729. The summed E-state index contributed by atoms with van der Waals surface area (Å²) in [7, 11) is 0. The molecule has 4 aliphatic rings. The van der Waals surface area contributed by atoms with E-state index in [9.17, 15) is 0 Å². The van der Waals surface area contributed by atoms with Gasteiger partial charge in [0.05, 0.1) is 18.8 Å². The van der Waals surface area contributed by atoms with Gasteiger partial charge in [0.25, 0.3) is 0 Å². The summed E-state index contributed by atoms with van der Waals surface area (Å²) in [4.78, 5) is 0. The Morgan fingerprint density at radius 3 is 3.20 bits per heavy atom. The van der Waals surface area contributed by atoms with E-state index >= 15 is 0 Å². The highest BCUT2D eigenvalue weighted by atomic mass is 16.5. The first-order valence-corrected chi connectivity index (χ1v) is 6.26. The monoisotopic (exact) mass is 211 g/mol. The van der Waals surface area contributed by atoms with Crippen LogP contribution in [0, 0.1) is 11.8 Å². The molecule has 3 nitrogen and oxygen atoms in total. The zero-order valence-corrected chi connectivity index (χ0v) is 9.41. The minimum absolute atomic E-state index is 0.227. The van der Waals surface area contributed by atoms with Crippen LogP contribution in [0.25, 0.3) is 0 Å². The summed E-state index contributed by atoms with van der Waals surface area (Å²) in [5.74, 6) is 1.54. The van der Waals surface area contributed by atoms with Gasteiger partial charge in [-0.25, -0.2) is 0 Å². The van der Waals surface area contributed by atoms with Gasteiger partial charge in [-0.3, -0.25) is 0 Å². The molecular weight excluding hydrogens is 190 g/mol. The Labute approximate surface area is 91.2 Å². The number of aliphatic hydroxyl groups excluding tert-OH is 1. The molecule has 4 fully saturated rings.